The first-order valence-corrected chi connectivity index (χ1v) is 8.03. The molecule has 0 fully saturated rings. The van der Waals surface area contributed by atoms with Crippen molar-refractivity contribution in [2.45, 2.75) is 32.6 Å². The minimum absolute atomic E-state index is 0.533. The Morgan fingerprint density at radius 2 is 2.00 bits per heavy atom. The fraction of sp³-hybridized carbons (Fsp3) is 0.333. The maximum atomic E-state index is 6.21. The topological polar surface area (TPSA) is 30.2 Å². The standard InChI is InChI=1S/C15H16ClN3S/c1-3-10(4-2)14-18-19-9-13(17-15(19)20-14)11-7-5-6-8-12(11)16/h5-10H,3-4H2,1-2H3. The zero-order valence-corrected chi connectivity index (χ0v) is 13.1. The monoisotopic (exact) mass is 305 g/mol. The second-order valence-corrected chi connectivity index (χ2v) is 6.18. The zero-order chi connectivity index (χ0) is 14.1. The van der Waals surface area contributed by atoms with Crippen LogP contribution in [0.4, 0.5) is 0 Å². The summed E-state index contributed by atoms with van der Waals surface area (Å²) in [5.41, 5.74) is 1.83. The second kappa shape index (κ2) is 5.54. The van der Waals surface area contributed by atoms with Crippen LogP contribution in [-0.2, 0) is 0 Å². The second-order valence-electron chi connectivity index (χ2n) is 4.79. The normalized spacial score (nSPS) is 11.6. The van der Waals surface area contributed by atoms with Crippen molar-refractivity contribution < 1.29 is 0 Å². The summed E-state index contributed by atoms with van der Waals surface area (Å²) in [4.78, 5) is 5.58. The van der Waals surface area contributed by atoms with Crippen LogP contribution in [0.5, 0.6) is 0 Å². The number of aromatic nitrogens is 3. The molecule has 20 heavy (non-hydrogen) atoms. The summed E-state index contributed by atoms with van der Waals surface area (Å²) in [6, 6.07) is 7.76. The van der Waals surface area contributed by atoms with Crippen LogP contribution in [0.25, 0.3) is 16.2 Å². The van der Waals surface area contributed by atoms with E-state index in [4.69, 9.17) is 11.6 Å². The van der Waals surface area contributed by atoms with E-state index in [-0.39, 0.29) is 0 Å². The first-order valence-electron chi connectivity index (χ1n) is 6.84. The van der Waals surface area contributed by atoms with Crippen molar-refractivity contribution >= 4 is 27.9 Å². The highest BCUT2D eigenvalue weighted by Crippen LogP contribution is 2.31. The Labute approximate surface area is 127 Å². The third-order valence-electron chi connectivity index (χ3n) is 3.54. The molecule has 0 radical (unpaired) electrons. The van der Waals surface area contributed by atoms with Gasteiger partial charge < -0.3 is 0 Å². The van der Waals surface area contributed by atoms with Crippen molar-refractivity contribution in [3.8, 4) is 11.3 Å². The molecule has 104 valence electrons. The zero-order valence-electron chi connectivity index (χ0n) is 11.5. The molecule has 0 spiro atoms. The SMILES string of the molecule is CCC(CC)c1nn2cc(-c3ccccc3Cl)nc2s1. The van der Waals surface area contributed by atoms with E-state index >= 15 is 0 Å². The van der Waals surface area contributed by atoms with Crippen LogP contribution in [-0.4, -0.2) is 14.6 Å². The van der Waals surface area contributed by atoms with Gasteiger partial charge in [0.1, 0.15) is 5.01 Å². The van der Waals surface area contributed by atoms with Crippen molar-refractivity contribution in [2.24, 2.45) is 0 Å². The van der Waals surface area contributed by atoms with Gasteiger partial charge in [-0.15, -0.1) is 0 Å². The summed E-state index contributed by atoms with van der Waals surface area (Å²) in [6.45, 7) is 4.40. The van der Waals surface area contributed by atoms with E-state index in [1.165, 1.54) is 5.01 Å². The molecule has 2 aromatic heterocycles. The van der Waals surface area contributed by atoms with Crippen LogP contribution < -0.4 is 0 Å². The predicted molar refractivity (Wildman–Crippen MR) is 84.6 cm³/mol. The lowest BCUT2D eigenvalue weighted by molar-refractivity contribution is 0.626. The van der Waals surface area contributed by atoms with Crippen molar-refractivity contribution in [1.82, 2.24) is 14.6 Å². The Morgan fingerprint density at radius 3 is 2.65 bits per heavy atom. The Morgan fingerprint density at radius 1 is 1.25 bits per heavy atom. The lowest BCUT2D eigenvalue weighted by Gasteiger charge is -2.06. The molecule has 0 unspecified atom stereocenters. The molecule has 0 atom stereocenters. The van der Waals surface area contributed by atoms with E-state index in [1.807, 2.05) is 35.0 Å². The van der Waals surface area contributed by atoms with Crippen molar-refractivity contribution in [2.75, 3.05) is 0 Å². The Kier molecular flexibility index (Phi) is 3.76. The van der Waals surface area contributed by atoms with E-state index in [9.17, 15) is 0 Å². The van der Waals surface area contributed by atoms with Crippen LogP contribution in [0.2, 0.25) is 5.02 Å². The summed E-state index contributed by atoms with van der Waals surface area (Å²) in [6.07, 6.45) is 4.19. The predicted octanol–water partition coefficient (Wildman–Crippen LogP) is 5.01. The van der Waals surface area contributed by atoms with Crippen LogP contribution in [0.1, 0.15) is 37.6 Å². The maximum Gasteiger partial charge on any atom is 0.212 e. The third kappa shape index (κ3) is 2.34. The highest BCUT2D eigenvalue weighted by Gasteiger charge is 2.16. The molecule has 0 aliphatic rings. The molecule has 3 aromatic rings. The molecule has 0 aliphatic carbocycles. The van der Waals surface area contributed by atoms with E-state index in [0.29, 0.717) is 5.92 Å². The third-order valence-corrected chi connectivity index (χ3v) is 4.96. The molecule has 0 saturated carbocycles. The molecule has 0 bridgehead atoms. The Hall–Kier alpha value is -1.39. The van der Waals surface area contributed by atoms with Gasteiger partial charge in [0.05, 0.1) is 16.9 Å². The molecule has 1 aromatic carbocycles. The van der Waals surface area contributed by atoms with Gasteiger partial charge in [-0.3, -0.25) is 0 Å². The van der Waals surface area contributed by atoms with Gasteiger partial charge in [-0.1, -0.05) is 55.0 Å². The van der Waals surface area contributed by atoms with Crippen molar-refractivity contribution in [1.29, 1.82) is 0 Å². The van der Waals surface area contributed by atoms with E-state index in [2.05, 4.69) is 23.9 Å². The molecule has 5 heteroatoms. The van der Waals surface area contributed by atoms with E-state index in [1.54, 1.807) is 11.3 Å². The van der Waals surface area contributed by atoms with Gasteiger partial charge in [0, 0.05) is 11.5 Å². The molecule has 3 rings (SSSR count). The molecule has 2 heterocycles. The number of rotatable bonds is 4. The summed E-state index contributed by atoms with van der Waals surface area (Å²) in [5.74, 6) is 0.533. The number of hydrogen-bond acceptors (Lipinski definition) is 3. The van der Waals surface area contributed by atoms with Crippen molar-refractivity contribution in [3.63, 3.8) is 0 Å². The first kappa shape index (κ1) is 13.6. The van der Waals surface area contributed by atoms with Crippen LogP contribution in [0.15, 0.2) is 30.5 Å². The summed E-state index contributed by atoms with van der Waals surface area (Å²) in [5, 5.41) is 6.55. The summed E-state index contributed by atoms with van der Waals surface area (Å²) < 4.78 is 1.87. The van der Waals surface area contributed by atoms with Crippen LogP contribution in [0.3, 0.4) is 0 Å². The number of halogens is 1. The smallest absolute Gasteiger partial charge is 0.212 e. The number of nitrogens with zero attached hydrogens (tertiary/aromatic N) is 3. The van der Waals surface area contributed by atoms with Crippen molar-refractivity contribution in [3.05, 3.63) is 40.5 Å². The van der Waals surface area contributed by atoms with E-state index in [0.717, 1.165) is 34.1 Å². The minimum Gasteiger partial charge on any atom is -0.217 e. The number of fused-ring (bicyclic) bond motifs is 1. The van der Waals surface area contributed by atoms with E-state index < -0.39 is 0 Å². The fourth-order valence-electron chi connectivity index (χ4n) is 2.32. The highest BCUT2D eigenvalue weighted by molar-refractivity contribution is 7.16. The summed E-state index contributed by atoms with van der Waals surface area (Å²) >= 11 is 7.89. The molecular formula is C15H16ClN3S. The van der Waals surface area contributed by atoms with Crippen LogP contribution in [0, 0.1) is 0 Å². The highest BCUT2D eigenvalue weighted by atomic mass is 35.5. The van der Waals surface area contributed by atoms with Gasteiger partial charge in [0.25, 0.3) is 0 Å². The molecular weight excluding hydrogens is 290 g/mol. The molecule has 0 aliphatic heterocycles. The van der Waals surface area contributed by atoms with Gasteiger partial charge in [-0.2, -0.15) is 5.10 Å². The average molecular weight is 306 g/mol. The van der Waals surface area contributed by atoms with Gasteiger partial charge in [-0.05, 0) is 18.9 Å². The average Bonchev–Trinajstić information content (AvgIpc) is 2.99. The fourth-order valence-corrected chi connectivity index (χ4v) is 3.70. The minimum atomic E-state index is 0.533. The lowest BCUT2D eigenvalue weighted by Crippen LogP contribution is -1.95. The number of benzene rings is 1. The Bertz CT molecular complexity index is 696. The quantitative estimate of drug-likeness (QED) is 0.678. The molecule has 0 N–H and O–H groups in total. The van der Waals surface area contributed by atoms with Gasteiger partial charge in [-0.25, -0.2) is 9.50 Å². The molecule has 3 nitrogen and oxygen atoms in total. The maximum absolute atomic E-state index is 6.21. The van der Waals surface area contributed by atoms with Gasteiger partial charge in [0.15, 0.2) is 0 Å². The summed E-state index contributed by atoms with van der Waals surface area (Å²) in [7, 11) is 0. The molecule has 0 amide bonds. The lowest BCUT2D eigenvalue weighted by atomic mass is 10.1. The van der Waals surface area contributed by atoms with Gasteiger partial charge >= 0.3 is 0 Å². The number of hydrogen-bond donors (Lipinski definition) is 0. The number of imidazole rings is 1. The first-order chi connectivity index (χ1) is 9.72. The Balaban J connectivity index is 2.01. The van der Waals surface area contributed by atoms with Gasteiger partial charge in [0.2, 0.25) is 4.96 Å². The molecule has 0 saturated heterocycles. The van der Waals surface area contributed by atoms with Crippen LogP contribution >= 0.6 is 22.9 Å². The largest absolute Gasteiger partial charge is 0.217 e.